The largest absolute Gasteiger partial charge is 0.353 e. The quantitative estimate of drug-likeness (QED) is 0.619. The molecule has 1 fully saturated rings. The van der Waals surface area contributed by atoms with Gasteiger partial charge in [-0.15, -0.1) is 0 Å². The Balaban J connectivity index is 1.67. The second kappa shape index (κ2) is 9.19. The van der Waals surface area contributed by atoms with Gasteiger partial charge in [0.05, 0.1) is 0 Å². The van der Waals surface area contributed by atoms with Crippen LogP contribution < -0.4 is 5.32 Å². The molecule has 1 aliphatic heterocycles. The molecule has 1 aromatic rings. The number of piperidine rings is 1. The number of likely N-dealkylation sites (tertiary alicyclic amines) is 1. The summed E-state index contributed by atoms with van der Waals surface area (Å²) in [6, 6.07) is 8.41. The zero-order chi connectivity index (χ0) is 18.3. The van der Waals surface area contributed by atoms with E-state index in [1.54, 1.807) is 6.08 Å². The van der Waals surface area contributed by atoms with Gasteiger partial charge in [0, 0.05) is 12.6 Å². The van der Waals surface area contributed by atoms with Crippen LogP contribution in [0.2, 0.25) is 0 Å². The zero-order valence-corrected chi connectivity index (χ0v) is 16.3. The van der Waals surface area contributed by atoms with Crippen LogP contribution in [0.3, 0.4) is 0 Å². The Hall–Kier alpha value is -1.61. The number of benzene rings is 1. The van der Waals surface area contributed by atoms with Crippen molar-refractivity contribution in [2.75, 3.05) is 26.2 Å². The lowest BCUT2D eigenvalue weighted by atomic mass is 9.87. The van der Waals surface area contributed by atoms with Crippen LogP contribution in [0.15, 0.2) is 30.3 Å². The number of amides is 1. The van der Waals surface area contributed by atoms with Crippen molar-refractivity contribution in [3.8, 4) is 0 Å². The SMILES string of the molecule is CC1CCN(CCCNC(=O)/C=C/c2ccc(C(C)(C)C)cc2)CC1. The van der Waals surface area contributed by atoms with Crippen molar-refractivity contribution in [1.82, 2.24) is 10.2 Å². The van der Waals surface area contributed by atoms with Crippen molar-refractivity contribution in [2.45, 2.75) is 52.4 Å². The molecule has 0 aliphatic carbocycles. The lowest BCUT2D eigenvalue weighted by Crippen LogP contribution is -2.35. The maximum atomic E-state index is 11.9. The minimum absolute atomic E-state index is 0.00726. The molecule has 0 radical (unpaired) electrons. The fraction of sp³-hybridized carbons (Fsp3) is 0.591. The smallest absolute Gasteiger partial charge is 0.243 e. The van der Waals surface area contributed by atoms with Crippen LogP contribution in [0, 0.1) is 5.92 Å². The van der Waals surface area contributed by atoms with Crippen LogP contribution in [-0.2, 0) is 10.2 Å². The van der Waals surface area contributed by atoms with Gasteiger partial charge >= 0.3 is 0 Å². The first-order valence-corrected chi connectivity index (χ1v) is 9.63. The van der Waals surface area contributed by atoms with Crippen LogP contribution in [0.5, 0.6) is 0 Å². The van der Waals surface area contributed by atoms with Crippen LogP contribution in [0.25, 0.3) is 6.08 Å². The Kier molecular flexibility index (Phi) is 7.24. The van der Waals surface area contributed by atoms with Gasteiger partial charge in [0.25, 0.3) is 0 Å². The van der Waals surface area contributed by atoms with Crippen LogP contribution in [0.1, 0.15) is 58.1 Å². The van der Waals surface area contributed by atoms with Crippen molar-refractivity contribution in [1.29, 1.82) is 0 Å². The molecule has 1 aromatic carbocycles. The molecule has 25 heavy (non-hydrogen) atoms. The molecular weight excluding hydrogens is 308 g/mol. The fourth-order valence-electron chi connectivity index (χ4n) is 3.12. The van der Waals surface area contributed by atoms with Crippen molar-refractivity contribution < 1.29 is 4.79 Å². The van der Waals surface area contributed by atoms with E-state index >= 15 is 0 Å². The third kappa shape index (κ3) is 7.03. The number of hydrogen-bond donors (Lipinski definition) is 1. The summed E-state index contributed by atoms with van der Waals surface area (Å²) in [6.45, 7) is 13.2. The molecule has 1 saturated heterocycles. The summed E-state index contributed by atoms with van der Waals surface area (Å²) in [5.74, 6) is 0.866. The fourth-order valence-corrected chi connectivity index (χ4v) is 3.12. The molecule has 3 nitrogen and oxygen atoms in total. The molecule has 0 bridgehead atoms. The van der Waals surface area contributed by atoms with E-state index in [2.05, 4.69) is 62.2 Å². The Morgan fingerprint density at radius 2 is 1.84 bits per heavy atom. The lowest BCUT2D eigenvalue weighted by Gasteiger charge is -2.30. The molecule has 0 atom stereocenters. The third-order valence-electron chi connectivity index (χ3n) is 5.03. The van der Waals surface area contributed by atoms with Gasteiger partial charge in [0.1, 0.15) is 0 Å². The molecule has 3 heteroatoms. The molecule has 0 spiro atoms. The predicted octanol–water partition coefficient (Wildman–Crippen LogP) is 4.24. The minimum atomic E-state index is -0.00726. The summed E-state index contributed by atoms with van der Waals surface area (Å²) in [4.78, 5) is 14.4. The molecule has 138 valence electrons. The Bertz CT molecular complexity index is 561. The van der Waals surface area contributed by atoms with E-state index in [1.165, 1.54) is 31.5 Å². The van der Waals surface area contributed by atoms with Crippen LogP contribution in [0.4, 0.5) is 0 Å². The monoisotopic (exact) mass is 342 g/mol. The predicted molar refractivity (Wildman–Crippen MR) is 107 cm³/mol. The van der Waals surface area contributed by atoms with Gasteiger partial charge in [0.15, 0.2) is 0 Å². The molecule has 2 rings (SSSR count). The Morgan fingerprint density at radius 1 is 1.20 bits per heavy atom. The lowest BCUT2D eigenvalue weighted by molar-refractivity contribution is -0.116. The number of hydrogen-bond acceptors (Lipinski definition) is 2. The van der Waals surface area contributed by atoms with Gasteiger partial charge in [-0.25, -0.2) is 0 Å². The summed E-state index contributed by atoms with van der Waals surface area (Å²) in [5, 5.41) is 2.98. The van der Waals surface area contributed by atoms with E-state index in [1.807, 2.05) is 6.08 Å². The third-order valence-corrected chi connectivity index (χ3v) is 5.03. The first kappa shape index (κ1) is 19.7. The van der Waals surface area contributed by atoms with Crippen molar-refractivity contribution in [2.24, 2.45) is 5.92 Å². The average Bonchev–Trinajstić information content (AvgIpc) is 2.58. The first-order valence-electron chi connectivity index (χ1n) is 9.63. The Morgan fingerprint density at radius 3 is 2.44 bits per heavy atom. The average molecular weight is 343 g/mol. The summed E-state index contributed by atoms with van der Waals surface area (Å²) >= 11 is 0. The number of carbonyl (C=O) groups excluding carboxylic acids is 1. The highest BCUT2D eigenvalue weighted by Gasteiger charge is 2.15. The second-order valence-electron chi connectivity index (χ2n) is 8.37. The van der Waals surface area contributed by atoms with Gasteiger partial charge in [-0.2, -0.15) is 0 Å². The molecule has 0 unspecified atom stereocenters. The van der Waals surface area contributed by atoms with Gasteiger partial charge in [0.2, 0.25) is 5.91 Å². The van der Waals surface area contributed by atoms with Crippen LogP contribution in [-0.4, -0.2) is 37.0 Å². The van der Waals surface area contributed by atoms with Crippen LogP contribution >= 0.6 is 0 Å². The molecule has 1 aliphatic rings. The molecule has 0 aromatic heterocycles. The zero-order valence-electron chi connectivity index (χ0n) is 16.3. The topological polar surface area (TPSA) is 32.3 Å². The highest BCUT2D eigenvalue weighted by atomic mass is 16.1. The highest BCUT2D eigenvalue weighted by Crippen LogP contribution is 2.22. The summed E-state index contributed by atoms with van der Waals surface area (Å²) in [6.07, 6.45) is 7.16. The van der Waals surface area contributed by atoms with E-state index < -0.39 is 0 Å². The Labute approximate surface area is 153 Å². The van der Waals surface area contributed by atoms with Gasteiger partial charge in [-0.05, 0) is 67.4 Å². The van der Waals surface area contributed by atoms with Crippen molar-refractivity contribution in [3.63, 3.8) is 0 Å². The van der Waals surface area contributed by atoms with Gasteiger partial charge in [-0.3, -0.25) is 4.79 Å². The molecule has 1 N–H and O–H groups in total. The maximum absolute atomic E-state index is 11.9. The minimum Gasteiger partial charge on any atom is -0.353 e. The van der Waals surface area contributed by atoms with E-state index in [9.17, 15) is 4.79 Å². The maximum Gasteiger partial charge on any atom is 0.243 e. The van der Waals surface area contributed by atoms with E-state index in [-0.39, 0.29) is 11.3 Å². The van der Waals surface area contributed by atoms with E-state index in [0.29, 0.717) is 0 Å². The highest BCUT2D eigenvalue weighted by molar-refractivity contribution is 5.91. The number of nitrogens with one attached hydrogen (secondary N) is 1. The molecule has 1 amide bonds. The number of carbonyl (C=O) groups is 1. The van der Waals surface area contributed by atoms with Gasteiger partial charge in [-0.1, -0.05) is 52.0 Å². The van der Waals surface area contributed by atoms with Crippen molar-refractivity contribution in [3.05, 3.63) is 41.5 Å². The first-order chi connectivity index (χ1) is 11.8. The number of rotatable bonds is 6. The molecule has 1 heterocycles. The second-order valence-corrected chi connectivity index (χ2v) is 8.37. The van der Waals surface area contributed by atoms with Crippen molar-refractivity contribution >= 4 is 12.0 Å². The van der Waals surface area contributed by atoms with Gasteiger partial charge < -0.3 is 10.2 Å². The molecular formula is C22H34N2O. The van der Waals surface area contributed by atoms with E-state index in [0.717, 1.165) is 31.0 Å². The summed E-state index contributed by atoms with van der Waals surface area (Å²) < 4.78 is 0. The molecule has 0 saturated carbocycles. The van der Waals surface area contributed by atoms with E-state index in [4.69, 9.17) is 0 Å². The number of nitrogens with zero attached hydrogens (tertiary/aromatic N) is 1. The normalized spacial score (nSPS) is 17.1. The summed E-state index contributed by atoms with van der Waals surface area (Å²) in [7, 11) is 0. The standard InChI is InChI=1S/C22H34N2O/c1-18-12-16-24(17-13-18)15-5-14-23-21(25)11-8-19-6-9-20(10-7-19)22(2,3)4/h6-11,18H,5,12-17H2,1-4H3,(H,23,25)/b11-8+. The summed E-state index contributed by atoms with van der Waals surface area (Å²) in [5.41, 5.74) is 2.53.